The van der Waals surface area contributed by atoms with Crippen molar-refractivity contribution in [3.63, 3.8) is 0 Å². The van der Waals surface area contributed by atoms with Crippen molar-refractivity contribution in [2.45, 2.75) is 32.6 Å². The zero-order valence-electron chi connectivity index (χ0n) is 18.9. The Morgan fingerprint density at radius 3 is 2.70 bits per heavy atom. The monoisotopic (exact) mass is 483 g/mol. The molecule has 0 aliphatic heterocycles. The second-order valence-corrected chi connectivity index (χ2v) is 8.89. The van der Waals surface area contributed by atoms with Crippen LogP contribution in [0.15, 0.2) is 54.9 Å². The fourth-order valence-corrected chi connectivity index (χ4v) is 4.21. The van der Waals surface area contributed by atoms with Crippen LogP contribution in [0.4, 0.5) is 5.69 Å². The lowest BCUT2D eigenvalue weighted by Crippen LogP contribution is -2.06. The molecule has 0 radical (unpaired) electrons. The molecule has 0 saturated heterocycles. The van der Waals surface area contributed by atoms with Gasteiger partial charge in [0.05, 0.1) is 33.7 Å². The average Bonchev–Trinajstić information content (AvgIpc) is 3.35. The van der Waals surface area contributed by atoms with Gasteiger partial charge in [-0.1, -0.05) is 30.1 Å². The van der Waals surface area contributed by atoms with Crippen molar-refractivity contribution in [2.75, 3.05) is 19.0 Å². The van der Waals surface area contributed by atoms with Crippen LogP contribution in [0.1, 0.15) is 36.9 Å². The lowest BCUT2D eigenvalue weighted by Gasteiger charge is -2.18. The first-order valence-corrected chi connectivity index (χ1v) is 11.7. The predicted octanol–water partition coefficient (Wildman–Crippen LogP) is 7.97. The number of methoxy groups -OCH3 is 1. The van der Waals surface area contributed by atoms with E-state index in [0.717, 1.165) is 41.5 Å². The molecule has 2 heterocycles. The summed E-state index contributed by atoms with van der Waals surface area (Å²) in [6.07, 6.45) is 5.88. The Morgan fingerprint density at radius 1 is 1.12 bits per heavy atom. The van der Waals surface area contributed by atoms with Gasteiger partial charge in [-0.05, 0) is 61.6 Å². The van der Waals surface area contributed by atoms with E-state index in [-0.39, 0.29) is 0 Å². The van der Waals surface area contributed by atoms with Crippen molar-refractivity contribution in [1.29, 1.82) is 0 Å². The highest BCUT2D eigenvalue weighted by molar-refractivity contribution is 6.42. The molecule has 2 aromatic carbocycles. The van der Waals surface area contributed by atoms with Crippen molar-refractivity contribution < 1.29 is 9.47 Å². The van der Waals surface area contributed by atoms with Gasteiger partial charge in [-0.15, -0.1) is 0 Å². The van der Waals surface area contributed by atoms with E-state index in [1.54, 1.807) is 25.3 Å². The summed E-state index contributed by atoms with van der Waals surface area (Å²) >= 11 is 12.2. The van der Waals surface area contributed by atoms with Crippen LogP contribution in [0.25, 0.3) is 10.9 Å². The summed E-state index contributed by atoms with van der Waals surface area (Å²) in [5.41, 5.74) is 4.06. The van der Waals surface area contributed by atoms with Crippen LogP contribution in [0, 0.1) is 6.92 Å². The maximum atomic E-state index is 6.24. The van der Waals surface area contributed by atoms with Gasteiger partial charge in [-0.25, -0.2) is 0 Å². The highest BCUT2D eigenvalue weighted by atomic mass is 35.5. The molecular formula is C26H27Cl2N3O2. The molecule has 0 aliphatic carbocycles. The quantitative estimate of drug-likeness (QED) is 0.237. The summed E-state index contributed by atoms with van der Waals surface area (Å²) in [6, 6.07) is 13.3. The van der Waals surface area contributed by atoms with Gasteiger partial charge in [0.15, 0.2) is 11.5 Å². The highest BCUT2D eigenvalue weighted by Crippen LogP contribution is 2.44. The van der Waals surface area contributed by atoms with Crippen molar-refractivity contribution >= 4 is 39.8 Å². The van der Waals surface area contributed by atoms with Gasteiger partial charge in [0.1, 0.15) is 5.75 Å². The minimum Gasteiger partial charge on any atom is -0.493 e. The number of hydrogen-bond acceptors (Lipinski definition) is 4. The number of hydrogen-bond donors (Lipinski definition) is 2. The lowest BCUT2D eigenvalue weighted by molar-refractivity contribution is 0.381. The van der Waals surface area contributed by atoms with E-state index >= 15 is 0 Å². The molecule has 4 rings (SSSR count). The van der Waals surface area contributed by atoms with Crippen LogP contribution in [-0.2, 0) is 0 Å². The van der Waals surface area contributed by atoms with Gasteiger partial charge in [0.2, 0.25) is 0 Å². The normalized spacial score (nSPS) is 12.0. The zero-order valence-corrected chi connectivity index (χ0v) is 20.4. The predicted molar refractivity (Wildman–Crippen MR) is 136 cm³/mol. The van der Waals surface area contributed by atoms with Crippen molar-refractivity contribution in [3.05, 3.63) is 76.2 Å². The number of nitrogens with zero attached hydrogens (tertiary/aromatic N) is 1. The van der Waals surface area contributed by atoms with Gasteiger partial charge in [0, 0.05) is 36.8 Å². The largest absolute Gasteiger partial charge is 0.493 e. The average molecular weight is 484 g/mol. The molecule has 2 N–H and O–H groups in total. The molecule has 1 unspecified atom stereocenters. The van der Waals surface area contributed by atoms with Crippen LogP contribution < -0.4 is 14.8 Å². The first kappa shape index (κ1) is 23.3. The Balaban J connectivity index is 1.60. The van der Waals surface area contributed by atoms with E-state index < -0.39 is 0 Å². The Kier molecular flexibility index (Phi) is 7.31. The highest BCUT2D eigenvalue weighted by Gasteiger charge is 2.18. The summed E-state index contributed by atoms with van der Waals surface area (Å²) in [5, 5.41) is 5.35. The SMILES string of the molecule is COc1cc(NCCCC(C)c2ccc[nH]2)c2nccc(C)c2c1Oc1ccc(Cl)c(Cl)c1. The van der Waals surface area contributed by atoms with Crippen LogP contribution in [0.2, 0.25) is 10.0 Å². The molecule has 0 aliphatic rings. The summed E-state index contributed by atoms with van der Waals surface area (Å²) in [4.78, 5) is 7.95. The van der Waals surface area contributed by atoms with E-state index in [9.17, 15) is 0 Å². The summed E-state index contributed by atoms with van der Waals surface area (Å²) in [5.74, 6) is 2.27. The number of aryl methyl sites for hydroxylation is 1. The van der Waals surface area contributed by atoms with E-state index in [4.69, 9.17) is 32.7 Å². The Bertz CT molecular complexity index is 1240. The number of fused-ring (bicyclic) bond motifs is 1. The molecule has 4 aromatic rings. The van der Waals surface area contributed by atoms with E-state index in [0.29, 0.717) is 33.2 Å². The zero-order chi connectivity index (χ0) is 23.4. The van der Waals surface area contributed by atoms with Gasteiger partial charge >= 0.3 is 0 Å². The summed E-state index contributed by atoms with van der Waals surface area (Å²) in [6.45, 7) is 5.10. The number of rotatable bonds is 9. The number of nitrogens with one attached hydrogen (secondary N) is 2. The molecule has 0 spiro atoms. The van der Waals surface area contributed by atoms with E-state index in [1.807, 2.05) is 37.5 Å². The maximum absolute atomic E-state index is 6.24. The third-order valence-electron chi connectivity index (χ3n) is 5.75. The number of halogens is 2. The second-order valence-electron chi connectivity index (χ2n) is 8.08. The Morgan fingerprint density at radius 2 is 1.97 bits per heavy atom. The topological polar surface area (TPSA) is 59.2 Å². The van der Waals surface area contributed by atoms with Gasteiger partial charge < -0.3 is 19.8 Å². The molecule has 1 atom stereocenters. The number of H-pyrrole nitrogens is 1. The molecule has 2 aromatic heterocycles. The first-order chi connectivity index (χ1) is 16.0. The third-order valence-corrected chi connectivity index (χ3v) is 6.49. The fraction of sp³-hybridized carbons (Fsp3) is 0.269. The number of aromatic nitrogens is 2. The number of anilines is 1. The molecule has 33 heavy (non-hydrogen) atoms. The second kappa shape index (κ2) is 10.4. The molecule has 5 nitrogen and oxygen atoms in total. The van der Waals surface area contributed by atoms with Crippen LogP contribution >= 0.6 is 23.2 Å². The molecule has 172 valence electrons. The molecular weight excluding hydrogens is 457 g/mol. The van der Waals surface area contributed by atoms with Crippen molar-refractivity contribution in [2.24, 2.45) is 0 Å². The fourth-order valence-electron chi connectivity index (χ4n) is 3.92. The molecule has 0 amide bonds. The minimum absolute atomic E-state index is 0.430. The number of aromatic amines is 1. The number of benzene rings is 2. The van der Waals surface area contributed by atoms with Crippen LogP contribution in [-0.4, -0.2) is 23.6 Å². The minimum atomic E-state index is 0.430. The Hall–Kier alpha value is -2.89. The van der Waals surface area contributed by atoms with Crippen molar-refractivity contribution in [3.8, 4) is 17.2 Å². The summed E-state index contributed by atoms with van der Waals surface area (Å²) in [7, 11) is 1.64. The molecule has 0 saturated carbocycles. The molecule has 0 fully saturated rings. The van der Waals surface area contributed by atoms with E-state index in [2.05, 4.69) is 28.3 Å². The number of pyridine rings is 1. The maximum Gasteiger partial charge on any atom is 0.179 e. The van der Waals surface area contributed by atoms with E-state index in [1.165, 1.54) is 5.69 Å². The van der Waals surface area contributed by atoms with Gasteiger partial charge in [-0.2, -0.15) is 0 Å². The Labute approximate surface area is 204 Å². The first-order valence-electron chi connectivity index (χ1n) is 10.9. The molecule has 0 bridgehead atoms. The van der Waals surface area contributed by atoms with Gasteiger partial charge in [-0.3, -0.25) is 4.98 Å². The standard InChI is InChI=1S/C26H27Cl2N3O2/c1-16(21-7-5-12-29-21)6-4-11-30-22-15-23(32-3)26(24-17(2)10-13-31-25(22)24)33-18-8-9-19(27)20(28)14-18/h5,7-10,12-16,29-30H,4,6,11H2,1-3H3. The molecule has 7 heteroatoms. The summed E-state index contributed by atoms with van der Waals surface area (Å²) < 4.78 is 12.0. The lowest BCUT2D eigenvalue weighted by atomic mass is 10.0. The van der Waals surface area contributed by atoms with Crippen LogP contribution in [0.5, 0.6) is 17.2 Å². The van der Waals surface area contributed by atoms with Crippen LogP contribution in [0.3, 0.4) is 0 Å². The van der Waals surface area contributed by atoms with Crippen molar-refractivity contribution in [1.82, 2.24) is 9.97 Å². The number of ether oxygens (including phenoxy) is 2. The third kappa shape index (κ3) is 5.21. The smallest absolute Gasteiger partial charge is 0.179 e. The van der Waals surface area contributed by atoms with Gasteiger partial charge in [0.25, 0.3) is 0 Å².